The molecule has 0 N–H and O–H groups in total. The van der Waals surface area contributed by atoms with E-state index in [4.69, 9.17) is 4.43 Å². The largest absolute Gasteiger partial charge is 0.545 e. The van der Waals surface area contributed by atoms with E-state index in [0.717, 1.165) is 17.6 Å². The Morgan fingerprint density at radius 3 is 2.38 bits per heavy atom. The number of fused-ring (bicyclic) bond motifs is 3. The molecule has 0 amide bonds. The Labute approximate surface area is 151 Å². The zero-order valence-corrected chi connectivity index (χ0v) is 18.1. The van der Waals surface area contributed by atoms with E-state index in [9.17, 15) is 0 Å². The van der Waals surface area contributed by atoms with Gasteiger partial charge in [0.1, 0.15) is 0 Å². The molecule has 0 aromatic heterocycles. The molecule has 0 saturated heterocycles. The minimum atomic E-state index is -1.58. The second-order valence-corrected chi connectivity index (χ2v) is 15.4. The van der Waals surface area contributed by atoms with Crippen LogP contribution in [0.15, 0.2) is 24.0 Å². The number of rotatable bonds is 3. The van der Waals surface area contributed by atoms with Gasteiger partial charge in [0.15, 0.2) is 0 Å². The smallest absolute Gasteiger partial charge is 0.242 e. The van der Waals surface area contributed by atoms with Crippen LogP contribution in [0, 0.1) is 28.1 Å². The van der Waals surface area contributed by atoms with Crippen molar-refractivity contribution in [3.05, 3.63) is 24.0 Å². The molecule has 2 heteroatoms. The topological polar surface area (TPSA) is 9.23 Å². The molecule has 0 aromatic carbocycles. The summed E-state index contributed by atoms with van der Waals surface area (Å²) in [5.74, 6) is 2.61. The van der Waals surface area contributed by atoms with Crippen LogP contribution < -0.4 is 0 Å². The first-order chi connectivity index (χ1) is 10.9. The van der Waals surface area contributed by atoms with E-state index in [-0.39, 0.29) is 0 Å². The molecule has 1 nitrogen and oxygen atoms in total. The molecule has 3 rings (SSSR count). The van der Waals surface area contributed by atoms with Gasteiger partial charge in [0.2, 0.25) is 8.32 Å². The summed E-state index contributed by atoms with van der Waals surface area (Å²) in [7, 11) is -1.58. The van der Waals surface area contributed by atoms with Gasteiger partial charge < -0.3 is 4.43 Å². The van der Waals surface area contributed by atoms with Crippen molar-refractivity contribution in [2.45, 2.75) is 85.9 Å². The molecule has 0 unspecified atom stereocenters. The van der Waals surface area contributed by atoms with Crippen LogP contribution in [0.4, 0.5) is 0 Å². The molecule has 0 bridgehead atoms. The molecule has 3 aliphatic carbocycles. The third kappa shape index (κ3) is 2.93. The Hall–Kier alpha value is -0.503. The van der Waals surface area contributed by atoms with Crippen molar-refractivity contribution < 1.29 is 4.43 Å². The van der Waals surface area contributed by atoms with Gasteiger partial charge in [-0.05, 0) is 85.4 Å². The van der Waals surface area contributed by atoms with E-state index in [1.54, 1.807) is 0 Å². The standard InChI is InChI=1S/C22H38OSi/c1-16(23-24(6,7)8)17-14-19-21(4,15-17)13-10-18-20(2,3)11-9-12-22(18,19)5/h15,18-19H,1,9-14H2,2-8H3/t18-,19-,21+,22-/m0/s1. The number of hydrogen-bond acceptors (Lipinski definition) is 1. The molecular weight excluding hydrogens is 308 g/mol. The van der Waals surface area contributed by atoms with Crippen LogP contribution in [-0.2, 0) is 4.43 Å². The fourth-order valence-electron chi connectivity index (χ4n) is 6.63. The van der Waals surface area contributed by atoms with Crippen molar-refractivity contribution in [2.24, 2.45) is 28.1 Å². The molecule has 0 spiro atoms. The van der Waals surface area contributed by atoms with E-state index < -0.39 is 8.32 Å². The van der Waals surface area contributed by atoms with Gasteiger partial charge in [-0.1, -0.05) is 46.8 Å². The highest BCUT2D eigenvalue weighted by Gasteiger charge is 2.59. The first kappa shape index (κ1) is 18.3. The molecule has 0 radical (unpaired) electrons. The van der Waals surface area contributed by atoms with Gasteiger partial charge in [-0.2, -0.15) is 0 Å². The third-order valence-electron chi connectivity index (χ3n) is 7.56. The van der Waals surface area contributed by atoms with Crippen molar-refractivity contribution in [2.75, 3.05) is 0 Å². The Bertz CT molecular complexity index is 567. The average molecular weight is 347 g/mol. The zero-order valence-electron chi connectivity index (χ0n) is 17.1. The predicted molar refractivity (Wildman–Crippen MR) is 106 cm³/mol. The minimum Gasteiger partial charge on any atom is -0.545 e. The second kappa shape index (κ2) is 5.49. The van der Waals surface area contributed by atoms with E-state index in [0.29, 0.717) is 16.2 Å². The predicted octanol–water partition coefficient (Wildman–Crippen LogP) is 6.93. The lowest BCUT2D eigenvalue weighted by molar-refractivity contribution is -0.108. The first-order valence-corrected chi connectivity index (χ1v) is 13.4. The monoisotopic (exact) mass is 346 g/mol. The van der Waals surface area contributed by atoms with Crippen LogP contribution in [0.25, 0.3) is 0 Å². The highest BCUT2D eigenvalue weighted by atomic mass is 28.4. The summed E-state index contributed by atoms with van der Waals surface area (Å²) in [6.07, 6.45) is 10.7. The summed E-state index contributed by atoms with van der Waals surface area (Å²) in [5, 5.41) is 0. The quantitative estimate of drug-likeness (QED) is 0.397. The lowest BCUT2D eigenvalue weighted by Gasteiger charge is -2.61. The summed E-state index contributed by atoms with van der Waals surface area (Å²) in [4.78, 5) is 0. The van der Waals surface area contributed by atoms with Crippen LogP contribution in [0.1, 0.15) is 66.2 Å². The molecule has 2 saturated carbocycles. The Morgan fingerprint density at radius 1 is 1.08 bits per heavy atom. The van der Waals surface area contributed by atoms with Crippen LogP contribution in [0.5, 0.6) is 0 Å². The lowest BCUT2D eigenvalue weighted by atomic mass is 9.44. The van der Waals surface area contributed by atoms with E-state index in [1.165, 1.54) is 44.1 Å². The van der Waals surface area contributed by atoms with Gasteiger partial charge in [-0.15, -0.1) is 0 Å². The van der Waals surface area contributed by atoms with Crippen molar-refractivity contribution in [1.29, 1.82) is 0 Å². The maximum Gasteiger partial charge on any atom is 0.242 e. The molecule has 0 aliphatic heterocycles. The van der Waals surface area contributed by atoms with Crippen molar-refractivity contribution in [1.82, 2.24) is 0 Å². The van der Waals surface area contributed by atoms with Crippen LogP contribution in [-0.4, -0.2) is 8.32 Å². The van der Waals surface area contributed by atoms with Crippen molar-refractivity contribution >= 4 is 8.32 Å². The summed E-state index contributed by atoms with van der Waals surface area (Å²) in [6, 6.07) is 0. The fourth-order valence-corrected chi connectivity index (χ4v) is 7.50. The van der Waals surface area contributed by atoms with Crippen LogP contribution >= 0.6 is 0 Å². The van der Waals surface area contributed by atoms with Crippen molar-refractivity contribution in [3.63, 3.8) is 0 Å². The van der Waals surface area contributed by atoms with Gasteiger partial charge in [0.25, 0.3) is 0 Å². The van der Waals surface area contributed by atoms with E-state index in [2.05, 4.69) is 60.0 Å². The molecule has 24 heavy (non-hydrogen) atoms. The SMILES string of the molecule is C=C(O[Si](C)(C)C)C1=C[C@@]2(C)CC[C@H]3C(C)(C)CCC[C@]3(C)[C@H]2C1. The number of hydrogen-bond donors (Lipinski definition) is 0. The maximum absolute atomic E-state index is 6.26. The molecule has 136 valence electrons. The summed E-state index contributed by atoms with van der Waals surface area (Å²) >= 11 is 0. The van der Waals surface area contributed by atoms with Gasteiger partial charge >= 0.3 is 0 Å². The summed E-state index contributed by atoms with van der Waals surface area (Å²) in [6.45, 7) is 21.2. The van der Waals surface area contributed by atoms with Gasteiger partial charge in [0, 0.05) is 0 Å². The van der Waals surface area contributed by atoms with E-state index >= 15 is 0 Å². The molecule has 2 fully saturated rings. The maximum atomic E-state index is 6.26. The van der Waals surface area contributed by atoms with Crippen LogP contribution in [0.2, 0.25) is 19.6 Å². The number of allylic oxidation sites excluding steroid dienone is 2. The Balaban J connectivity index is 1.88. The van der Waals surface area contributed by atoms with E-state index in [1.807, 2.05) is 0 Å². The molecular formula is C22H38OSi. The third-order valence-corrected chi connectivity index (χ3v) is 8.41. The molecule has 0 heterocycles. The fraction of sp³-hybridized carbons (Fsp3) is 0.818. The van der Waals surface area contributed by atoms with Gasteiger partial charge in [0.05, 0.1) is 5.76 Å². The zero-order chi connectivity index (χ0) is 18.0. The average Bonchev–Trinajstić information content (AvgIpc) is 2.75. The first-order valence-electron chi connectivity index (χ1n) is 9.97. The second-order valence-electron chi connectivity index (χ2n) is 11.0. The van der Waals surface area contributed by atoms with Crippen LogP contribution in [0.3, 0.4) is 0 Å². The van der Waals surface area contributed by atoms with Crippen molar-refractivity contribution in [3.8, 4) is 0 Å². The molecule has 4 atom stereocenters. The van der Waals surface area contributed by atoms with Gasteiger partial charge in [-0.3, -0.25) is 0 Å². The Kier molecular flexibility index (Phi) is 4.19. The Morgan fingerprint density at radius 2 is 1.75 bits per heavy atom. The van der Waals surface area contributed by atoms with Gasteiger partial charge in [-0.25, -0.2) is 0 Å². The molecule has 3 aliphatic rings. The molecule has 0 aromatic rings. The lowest BCUT2D eigenvalue weighted by Crippen LogP contribution is -2.53. The minimum absolute atomic E-state index is 0.347. The highest BCUT2D eigenvalue weighted by molar-refractivity contribution is 6.70. The normalized spacial score (nSPS) is 41.2. The highest BCUT2D eigenvalue weighted by Crippen LogP contribution is 2.68. The summed E-state index contributed by atoms with van der Waals surface area (Å²) in [5.41, 5.74) is 2.74. The summed E-state index contributed by atoms with van der Waals surface area (Å²) < 4.78 is 6.26.